The number of hydrogen-bond donors (Lipinski definition) is 1. The molecule has 4 heteroatoms. The molecule has 0 aromatic carbocycles. The lowest BCUT2D eigenvalue weighted by molar-refractivity contribution is 0.714. The fourth-order valence-corrected chi connectivity index (χ4v) is 0.713. The maximum atomic E-state index is 3.77. The molecule has 0 aliphatic carbocycles. The standard InChI is InChI=1S/C7H12N4/c1-4-6(2)9-7-5-8-10-11(7)3/h4-6,9H,1H2,2-3H3. The molecule has 0 fully saturated rings. The van der Waals surface area contributed by atoms with Crippen molar-refractivity contribution < 1.29 is 0 Å². The Hall–Kier alpha value is -1.32. The Kier molecular flexibility index (Phi) is 2.25. The third-order valence-electron chi connectivity index (χ3n) is 1.44. The Morgan fingerprint density at radius 1 is 1.82 bits per heavy atom. The van der Waals surface area contributed by atoms with Gasteiger partial charge in [-0.25, -0.2) is 4.68 Å². The zero-order valence-corrected chi connectivity index (χ0v) is 6.78. The summed E-state index contributed by atoms with van der Waals surface area (Å²) in [5, 5.41) is 10.7. The average molecular weight is 152 g/mol. The monoisotopic (exact) mass is 152 g/mol. The van der Waals surface area contributed by atoms with Crippen LogP contribution in [-0.2, 0) is 7.05 Å². The molecule has 0 spiro atoms. The number of aryl methyl sites for hydroxylation is 1. The number of hydrogen-bond acceptors (Lipinski definition) is 3. The number of nitrogens with zero attached hydrogens (tertiary/aromatic N) is 3. The summed E-state index contributed by atoms with van der Waals surface area (Å²) in [6.07, 6.45) is 3.51. The Bertz CT molecular complexity index is 240. The second-order valence-electron chi connectivity index (χ2n) is 2.41. The average Bonchev–Trinajstić information content (AvgIpc) is 2.37. The van der Waals surface area contributed by atoms with Gasteiger partial charge in [-0.05, 0) is 6.92 Å². The summed E-state index contributed by atoms with van der Waals surface area (Å²) in [7, 11) is 1.84. The van der Waals surface area contributed by atoms with E-state index in [2.05, 4.69) is 22.2 Å². The first-order valence-corrected chi connectivity index (χ1v) is 3.48. The van der Waals surface area contributed by atoms with Crippen molar-refractivity contribution in [3.05, 3.63) is 18.9 Å². The van der Waals surface area contributed by atoms with Gasteiger partial charge < -0.3 is 5.32 Å². The third kappa shape index (κ3) is 1.80. The minimum absolute atomic E-state index is 0.243. The summed E-state index contributed by atoms with van der Waals surface area (Å²) in [4.78, 5) is 0. The first-order chi connectivity index (χ1) is 5.24. The molecule has 1 aromatic rings. The lowest BCUT2D eigenvalue weighted by atomic mass is 10.3. The fourth-order valence-electron chi connectivity index (χ4n) is 0.713. The predicted octanol–water partition coefficient (Wildman–Crippen LogP) is 0.801. The highest BCUT2D eigenvalue weighted by Crippen LogP contribution is 2.02. The van der Waals surface area contributed by atoms with Gasteiger partial charge in [0, 0.05) is 13.1 Å². The highest BCUT2D eigenvalue weighted by atomic mass is 15.4. The van der Waals surface area contributed by atoms with Crippen LogP contribution in [0.3, 0.4) is 0 Å². The Morgan fingerprint density at radius 2 is 2.55 bits per heavy atom. The lowest BCUT2D eigenvalue weighted by Gasteiger charge is -2.08. The van der Waals surface area contributed by atoms with Crippen molar-refractivity contribution >= 4 is 5.82 Å². The van der Waals surface area contributed by atoms with Gasteiger partial charge in [-0.15, -0.1) is 11.7 Å². The van der Waals surface area contributed by atoms with E-state index in [0.717, 1.165) is 5.82 Å². The van der Waals surface area contributed by atoms with Crippen LogP contribution in [-0.4, -0.2) is 21.0 Å². The molecular weight excluding hydrogens is 140 g/mol. The Balaban J connectivity index is 2.63. The van der Waals surface area contributed by atoms with Crippen molar-refractivity contribution in [1.82, 2.24) is 15.0 Å². The summed E-state index contributed by atoms with van der Waals surface area (Å²) in [6.45, 7) is 5.67. The van der Waals surface area contributed by atoms with E-state index in [9.17, 15) is 0 Å². The normalized spacial score (nSPS) is 12.5. The molecule has 11 heavy (non-hydrogen) atoms. The van der Waals surface area contributed by atoms with E-state index in [1.165, 1.54) is 0 Å². The van der Waals surface area contributed by atoms with Gasteiger partial charge >= 0.3 is 0 Å². The highest BCUT2D eigenvalue weighted by molar-refractivity contribution is 5.33. The minimum Gasteiger partial charge on any atom is -0.363 e. The first-order valence-electron chi connectivity index (χ1n) is 3.48. The topological polar surface area (TPSA) is 42.7 Å². The molecule has 0 saturated heterocycles. The summed E-state index contributed by atoms with van der Waals surface area (Å²) in [5.74, 6) is 0.900. The molecule has 0 saturated carbocycles. The van der Waals surface area contributed by atoms with Gasteiger partial charge in [0.15, 0.2) is 0 Å². The van der Waals surface area contributed by atoms with Crippen molar-refractivity contribution in [3.8, 4) is 0 Å². The van der Waals surface area contributed by atoms with Crippen molar-refractivity contribution in [2.24, 2.45) is 7.05 Å². The van der Waals surface area contributed by atoms with Gasteiger partial charge in [-0.3, -0.25) is 0 Å². The molecule has 1 aromatic heterocycles. The zero-order chi connectivity index (χ0) is 8.27. The number of aromatic nitrogens is 3. The second-order valence-corrected chi connectivity index (χ2v) is 2.41. The van der Waals surface area contributed by atoms with Crippen molar-refractivity contribution in [2.45, 2.75) is 13.0 Å². The van der Waals surface area contributed by atoms with Gasteiger partial charge in [0.25, 0.3) is 0 Å². The molecule has 1 atom stereocenters. The fraction of sp³-hybridized carbons (Fsp3) is 0.429. The molecule has 0 aliphatic rings. The molecule has 1 unspecified atom stereocenters. The van der Waals surface area contributed by atoms with Crippen LogP contribution in [0, 0.1) is 0 Å². The maximum absolute atomic E-state index is 3.77. The zero-order valence-electron chi connectivity index (χ0n) is 6.78. The molecule has 1 N–H and O–H groups in total. The lowest BCUT2D eigenvalue weighted by Crippen LogP contribution is -2.13. The van der Waals surface area contributed by atoms with Gasteiger partial charge in [0.1, 0.15) is 5.82 Å². The highest BCUT2D eigenvalue weighted by Gasteiger charge is 2.00. The first kappa shape index (κ1) is 7.78. The third-order valence-corrected chi connectivity index (χ3v) is 1.44. The van der Waals surface area contributed by atoms with Gasteiger partial charge in [-0.2, -0.15) is 0 Å². The van der Waals surface area contributed by atoms with E-state index in [1.807, 2.05) is 20.0 Å². The Morgan fingerprint density at radius 3 is 3.00 bits per heavy atom. The summed E-state index contributed by atoms with van der Waals surface area (Å²) in [5.41, 5.74) is 0. The molecule has 0 amide bonds. The van der Waals surface area contributed by atoms with Crippen LogP contribution in [0.1, 0.15) is 6.92 Å². The summed E-state index contributed by atoms with van der Waals surface area (Å²) < 4.78 is 1.68. The van der Waals surface area contributed by atoms with Crippen molar-refractivity contribution in [2.75, 3.05) is 5.32 Å². The maximum Gasteiger partial charge on any atom is 0.144 e. The van der Waals surface area contributed by atoms with Crippen LogP contribution < -0.4 is 5.32 Å². The molecule has 0 aliphatic heterocycles. The van der Waals surface area contributed by atoms with Crippen LogP contribution in [0.5, 0.6) is 0 Å². The molecule has 1 rings (SSSR count). The van der Waals surface area contributed by atoms with Crippen molar-refractivity contribution in [3.63, 3.8) is 0 Å². The van der Waals surface area contributed by atoms with Crippen molar-refractivity contribution in [1.29, 1.82) is 0 Å². The molecular formula is C7H12N4. The van der Waals surface area contributed by atoms with E-state index < -0.39 is 0 Å². The van der Waals surface area contributed by atoms with Crippen LogP contribution in [0.2, 0.25) is 0 Å². The van der Waals surface area contributed by atoms with Crippen LogP contribution >= 0.6 is 0 Å². The van der Waals surface area contributed by atoms with E-state index in [4.69, 9.17) is 0 Å². The smallest absolute Gasteiger partial charge is 0.144 e. The van der Waals surface area contributed by atoms with Crippen LogP contribution in [0.15, 0.2) is 18.9 Å². The molecule has 60 valence electrons. The van der Waals surface area contributed by atoms with Gasteiger partial charge in [0.2, 0.25) is 0 Å². The quantitative estimate of drug-likeness (QED) is 0.651. The number of rotatable bonds is 3. The van der Waals surface area contributed by atoms with E-state index in [1.54, 1.807) is 10.9 Å². The van der Waals surface area contributed by atoms with E-state index in [-0.39, 0.29) is 6.04 Å². The van der Waals surface area contributed by atoms with Crippen LogP contribution in [0.4, 0.5) is 5.82 Å². The van der Waals surface area contributed by atoms with Gasteiger partial charge in [-0.1, -0.05) is 11.3 Å². The van der Waals surface area contributed by atoms with E-state index >= 15 is 0 Å². The number of nitrogens with one attached hydrogen (secondary N) is 1. The second kappa shape index (κ2) is 3.18. The minimum atomic E-state index is 0.243. The SMILES string of the molecule is C=CC(C)Nc1cnnn1C. The predicted molar refractivity (Wildman–Crippen MR) is 44.3 cm³/mol. The number of anilines is 1. The molecule has 1 heterocycles. The molecule has 4 nitrogen and oxygen atoms in total. The molecule has 0 radical (unpaired) electrons. The van der Waals surface area contributed by atoms with E-state index in [0.29, 0.717) is 0 Å². The summed E-state index contributed by atoms with van der Waals surface area (Å²) >= 11 is 0. The van der Waals surface area contributed by atoms with Crippen LogP contribution in [0.25, 0.3) is 0 Å². The van der Waals surface area contributed by atoms with Gasteiger partial charge in [0.05, 0.1) is 6.20 Å². The molecule has 0 bridgehead atoms. The Labute approximate surface area is 65.9 Å². The summed E-state index contributed by atoms with van der Waals surface area (Å²) in [6, 6.07) is 0.243. The largest absolute Gasteiger partial charge is 0.363 e.